The van der Waals surface area contributed by atoms with Gasteiger partial charge in [0.15, 0.2) is 0 Å². The summed E-state index contributed by atoms with van der Waals surface area (Å²) in [6.45, 7) is 0.142. The van der Waals surface area contributed by atoms with E-state index in [1.54, 1.807) is 0 Å². The summed E-state index contributed by atoms with van der Waals surface area (Å²) >= 11 is 1.50. The lowest BCUT2D eigenvalue weighted by molar-refractivity contribution is 0.0696. The van der Waals surface area contributed by atoms with Gasteiger partial charge in [0.05, 0.1) is 5.56 Å². The first-order chi connectivity index (χ1) is 9.90. The maximum Gasteiger partial charge on any atom is 0.335 e. The Morgan fingerprint density at radius 1 is 1.33 bits per heavy atom. The van der Waals surface area contributed by atoms with Crippen molar-refractivity contribution in [2.75, 3.05) is 6.54 Å². The van der Waals surface area contributed by atoms with Gasteiger partial charge in [-0.2, -0.15) is 0 Å². The summed E-state index contributed by atoms with van der Waals surface area (Å²) in [5.74, 6) is -2.40. The lowest BCUT2D eigenvalue weighted by atomic mass is 10.2. The lowest BCUT2D eigenvalue weighted by Gasteiger charge is -2.07. The molecule has 0 saturated carbocycles. The van der Waals surface area contributed by atoms with E-state index in [-0.39, 0.29) is 12.1 Å². The lowest BCUT2D eigenvalue weighted by Crippen LogP contribution is -2.26. The van der Waals surface area contributed by atoms with Gasteiger partial charge >= 0.3 is 5.97 Å². The SMILES string of the molecule is O=C(O)c1ccc(S(=O)(=O)NCCc2cccs2)c(F)c1. The summed E-state index contributed by atoms with van der Waals surface area (Å²) in [6, 6.07) is 6.43. The molecule has 1 aromatic heterocycles. The van der Waals surface area contributed by atoms with Gasteiger partial charge in [-0.1, -0.05) is 6.07 Å². The molecule has 1 aromatic carbocycles. The minimum absolute atomic E-state index is 0.142. The van der Waals surface area contributed by atoms with Gasteiger partial charge in [-0.3, -0.25) is 0 Å². The molecule has 8 heteroatoms. The van der Waals surface area contributed by atoms with Crippen molar-refractivity contribution >= 4 is 27.3 Å². The van der Waals surface area contributed by atoms with Gasteiger partial charge < -0.3 is 5.11 Å². The van der Waals surface area contributed by atoms with Crippen molar-refractivity contribution in [1.29, 1.82) is 0 Å². The molecule has 21 heavy (non-hydrogen) atoms. The minimum atomic E-state index is -4.00. The Hall–Kier alpha value is -1.77. The third-order valence-electron chi connectivity index (χ3n) is 2.71. The number of sulfonamides is 1. The third kappa shape index (κ3) is 3.87. The maximum absolute atomic E-state index is 13.7. The molecule has 2 rings (SSSR count). The number of carbonyl (C=O) groups is 1. The molecule has 0 fully saturated rings. The van der Waals surface area contributed by atoms with Crippen molar-refractivity contribution in [2.24, 2.45) is 0 Å². The molecule has 2 N–H and O–H groups in total. The van der Waals surface area contributed by atoms with E-state index >= 15 is 0 Å². The smallest absolute Gasteiger partial charge is 0.335 e. The van der Waals surface area contributed by atoms with Crippen LogP contribution in [-0.2, 0) is 16.4 Å². The van der Waals surface area contributed by atoms with E-state index in [0.717, 1.165) is 17.0 Å². The van der Waals surface area contributed by atoms with Gasteiger partial charge in [0.25, 0.3) is 0 Å². The highest BCUT2D eigenvalue weighted by Crippen LogP contribution is 2.16. The van der Waals surface area contributed by atoms with Gasteiger partial charge in [0, 0.05) is 11.4 Å². The number of thiophene rings is 1. The number of halogens is 1. The molecule has 5 nitrogen and oxygen atoms in total. The molecule has 0 radical (unpaired) electrons. The molecule has 0 atom stereocenters. The van der Waals surface area contributed by atoms with E-state index in [1.807, 2.05) is 17.5 Å². The molecule has 0 saturated heterocycles. The van der Waals surface area contributed by atoms with Crippen molar-refractivity contribution in [3.8, 4) is 0 Å². The standard InChI is InChI=1S/C13H12FNO4S2/c14-11-8-9(13(16)17)3-4-12(11)21(18,19)15-6-5-10-2-1-7-20-10/h1-4,7-8,15H,5-6H2,(H,16,17). The Morgan fingerprint density at radius 2 is 2.10 bits per heavy atom. The van der Waals surface area contributed by atoms with Crippen LogP contribution in [0.25, 0.3) is 0 Å². The van der Waals surface area contributed by atoms with Crippen LogP contribution in [-0.4, -0.2) is 26.0 Å². The number of benzene rings is 1. The van der Waals surface area contributed by atoms with Crippen LogP contribution in [0.15, 0.2) is 40.6 Å². The van der Waals surface area contributed by atoms with Crippen LogP contribution in [0.4, 0.5) is 4.39 Å². The van der Waals surface area contributed by atoms with Crippen LogP contribution in [0.3, 0.4) is 0 Å². The van der Waals surface area contributed by atoms with Gasteiger partial charge in [-0.15, -0.1) is 11.3 Å². The summed E-state index contributed by atoms with van der Waals surface area (Å²) in [5, 5.41) is 10.6. The fourth-order valence-corrected chi connectivity index (χ4v) is 3.49. The summed E-state index contributed by atoms with van der Waals surface area (Å²) in [6.07, 6.45) is 0.506. The Bertz CT molecular complexity index is 742. The summed E-state index contributed by atoms with van der Waals surface area (Å²) in [5.41, 5.74) is -0.301. The molecule has 0 aliphatic rings. The molecule has 0 unspecified atom stereocenters. The first-order valence-electron chi connectivity index (χ1n) is 5.95. The summed E-state index contributed by atoms with van der Waals surface area (Å²) in [4.78, 5) is 11.1. The predicted molar refractivity (Wildman–Crippen MR) is 76.6 cm³/mol. The quantitative estimate of drug-likeness (QED) is 0.850. The predicted octanol–water partition coefficient (Wildman–Crippen LogP) is 2.11. The molecule has 1 heterocycles. The second-order valence-electron chi connectivity index (χ2n) is 4.18. The average Bonchev–Trinajstić information content (AvgIpc) is 2.91. The highest BCUT2D eigenvalue weighted by molar-refractivity contribution is 7.89. The van der Waals surface area contributed by atoms with Gasteiger partial charge in [0.1, 0.15) is 10.7 Å². The van der Waals surface area contributed by atoms with E-state index in [4.69, 9.17) is 5.11 Å². The fourth-order valence-electron chi connectivity index (χ4n) is 1.69. The molecule has 0 bridgehead atoms. The van der Waals surface area contributed by atoms with Crippen molar-refractivity contribution in [3.63, 3.8) is 0 Å². The van der Waals surface area contributed by atoms with Gasteiger partial charge in [0.2, 0.25) is 10.0 Å². The van der Waals surface area contributed by atoms with E-state index in [9.17, 15) is 17.6 Å². The number of carboxylic acid groups (broad SMARTS) is 1. The highest BCUT2D eigenvalue weighted by Gasteiger charge is 2.20. The van der Waals surface area contributed by atoms with Crippen LogP contribution in [0, 0.1) is 5.82 Å². The van der Waals surface area contributed by atoms with Crippen molar-refractivity contribution in [1.82, 2.24) is 4.72 Å². The molecule has 0 aliphatic carbocycles. The molecule has 0 aliphatic heterocycles. The Labute approximate surface area is 125 Å². The van der Waals surface area contributed by atoms with Crippen LogP contribution in [0.1, 0.15) is 15.2 Å². The minimum Gasteiger partial charge on any atom is -0.478 e. The zero-order chi connectivity index (χ0) is 15.5. The van der Waals surface area contributed by atoms with E-state index in [1.165, 1.54) is 11.3 Å². The Morgan fingerprint density at radius 3 is 2.67 bits per heavy atom. The van der Waals surface area contributed by atoms with Crippen LogP contribution >= 0.6 is 11.3 Å². The topological polar surface area (TPSA) is 83.5 Å². The van der Waals surface area contributed by atoms with Crippen molar-refractivity contribution in [3.05, 3.63) is 52.0 Å². The summed E-state index contributed by atoms with van der Waals surface area (Å²) in [7, 11) is -4.00. The maximum atomic E-state index is 13.7. The second kappa shape index (κ2) is 6.33. The van der Waals surface area contributed by atoms with Crippen LogP contribution in [0.5, 0.6) is 0 Å². The van der Waals surface area contributed by atoms with Crippen molar-refractivity contribution < 1.29 is 22.7 Å². The Kier molecular flexibility index (Phi) is 4.71. The normalized spacial score (nSPS) is 11.5. The molecule has 0 amide bonds. The number of nitrogens with one attached hydrogen (secondary N) is 1. The number of aromatic carboxylic acids is 1. The second-order valence-corrected chi connectivity index (χ2v) is 6.95. The molecule has 2 aromatic rings. The fraction of sp³-hybridized carbons (Fsp3) is 0.154. The number of rotatable bonds is 6. The first-order valence-corrected chi connectivity index (χ1v) is 8.31. The van der Waals surface area contributed by atoms with Crippen LogP contribution < -0.4 is 4.72 Å². The van der Waals surface area contributed by atoms with Crippen LogP contribution in [0.2, 0.25) is 0 Å². The third-order valence-corrected chi connectivity index (χ3v) is 5.14. The van der Waals surface area contributed by atoms with E-state index in [2.05, 4.69) is 4.72 Å². The molecular weight excluding hydrogens is 317 g/mol. The summed E-state index contributed by atoms with van der Waals surface area (Å²) < 4.78 is 40.0. The molecule has 0 spiro atoms. The number of hydrogen-bond acceptors (Lipinski definition) is 4. The average molecular weight is 329 g/mol. The largest absolute Gasteiger partial charge is 0.478 e. The Balaban J connectivity index is 2.10. The monoisotopic (exact) mass is 329 g/mol. The zero-order valence-corrected chi connectivity index (χ0v) is 12.4. The highest BCUT2D eigenvalue weighted by atomic mass is 32.2. The number of carboxylic acids is 1. The van der Waals surface area contributed by atoms with Gasteiger partial charge in [-0.05, 0) is 36.1 Å². The first kappa shape index (κ1) is 15.6. The molecular formula is C13H12FNO4S2. The number of hydrogen-bond donors (Lipinski definition) is 2. The van der Waals surface area contributed by atoms with E-state index < -0.39 is 26.7 Å². The van der Waals surface area contributed by atoms with Gasteiger partial charge in [-0.25, -0.2) is 22.3 Å². The zero-order valence-electron chi connectivity index (χ0n) is 10.7. The van der Waals surface area contributed by atoms with Crippen molar-refractivity contribution in [2.45, 2.75) is 11.3 Å². The molecule has 112 valence electrons. The van der Waals surface area contributed by atoms with E-state index in [0.29, 0.717) is 12.5 Å².